The van der Waals surface area contributed by atoms with Gasteiger partial charge in [-0.25, -0.2) is 13.4 Å². The molecular weight excluding hydrogens is 358 g/mol. The molecule has 0 radical (unpaired) electrons. The van der Waals surface area contributed by atoms with Gasteiger partial charge in [-0.1, -0.05) is 48.5 Å². The Morgan fingerprint density at radius 2 is 1.59 bits per heavy atom. The van der Waals surface area contributed by atoms with Gasteiger partial charge in [-0.05, 0) is 30.7 Å². The molecule has 0 saturated heterocycles. The number of pyridine rings is 1. The highest BCUT2D eigenvalue weighted by molar-refractivity contribution is 7.92. The molecule has 1 heterocycles. The van der Waals surface area contributed by atoms with Crippen molar-refractivity contribution in [2.45, 2.75) is 18.2 Å². The minimum Gasteiger partial charge on any atom is -0.274 e. The van der Waals surface area contributed by atoms with E-state index < -0.39 is 10.0 Å². The number of hydrogen-bond donors (Lipinski definition) is 1. The Labute approximate surface area is 160 Å². The van der Waals surface area contributed by atoms with Crippen LogP contribution >= 0.6 is 0 Å². The molecule has 6 heteroatoms. The fraction of sp³-hybridized carbons (Fsp3) is 0.190. The molecule has 27 heavy (non-hydrogen) atoms. The van der Waals surface area contributed by atoms with Crippen LogP contribution in [0.25, 0.3) is 0 Å². The van der Waals surface area contributed by atoms with Crippen LogP contribution in [0.5, 0.6) is 0 Å². The summed E-state index contributed by atoms with van der Waals surface area (Å²) in [6.45, 7) is 2.95. The van der Waals surface area contributed by atoms with E-state index >= 15 is 0 Å². The van der Waals surface area contributed by atoms with Gasteiger partial charge in [0.15, 0.2) is 0 Å². The molecule has 0 saturated carbocycles. The van der Waals surface area contributed by atoms with Crippen molar-refractivity contribution in [3.05, 3.63) is 84.6 Å². The summed E-state index contributed by atoms with van der Waals surface area (Å²) < 4.78 is 27.3. The smallest absolute Gasteiger partial charge is 0.272 e. The number of anilines is 2. The molecule has 140 valence electrons. The van der Waals surface area contributed by atoms with E-state index in [1.165, 1.54) is 16.1 Å². The summed E-state index contributed by atoms with van der Waals surface area (Å²) in [5.41, 5.74) is 1.91. The number of benzene rings is 2. The molecule has 0 bridgehead atoms. The number of sulfonamides is 1. The van der Waals surface area contributed by atoms with Crippen LogP contribution in [-0.4, -0.2) is 21.5 Å². The van der Waals surface area contributed by atoms with Gasteiger partial charge in [-0.2, -0.15) is 0 Å². The van der Waals surface area contributed by atoms with Gasteiger partial charge in [-0.15, -0.1) is 0 Å². The van der Waals surface area contributed by atoms with Crippen LogP contribution in [0.3, 0.4) is 0 Å². The van der Waals surface area contributed by atoms with Crippen molar-refractivity contribution in [2.75, 3.05) is 22.7 Å². The molecule has 0 unspecified atom stereocenters. The summed E-state index contributed by atoms with van der Waals surface area (Å²) in [5.74, 6) is 0.785. The molecule has 0 amide bonds. The third kappa shape index (κ3) is 4.65. The van der Waals surface area contributed by atoms with Crippen LogP contribution in [0.1, 0.15) is 12.5 Å². The number of nitrogens with one attached hydrogen (secondary N) is 2. The van der Waals surface area contributed by atoms with E-state index in [0.29, 0.717) is 12.2 Å². The average molecular weight is 383 g/mol. The van der Waals surface area contributed by atoms with Crippen LogP contribution in [0.15, 0.2) is 83.9 Å². The van der Waals surface area contributed by atoms with Crippen LogP contribution in [0.2, 0.25) is 0 Å². The van der Waals surface area contributed by atoms with Crippen LogP contribution in [0, 0.1) is 0 Å². The number of rotatable bonds is 8. The fourth-order valence-electron chi connectivity index (χ4n) is 2.88. The number of nitrogens with zero attached hydrogens (tertiary/aromatic N) is 1. The van der Waals surface area contributed by atoms with E-state index in [4.69, 9.17) is 0 Å². The van der Waals surface area contributed by atoms with E-state index in [1.807, 2.05) is 43.3 Å². The molecule has 0 aliphatic heterocycles. The second-order valence-electron chi connectivity index (χ2n) is 6.11. The minimum absolute atomic E-state index is 0.238. The summed E-state index contributed by atoms with van der Waals surface area (Å²) in [6, 6.07) is 22.7. The second kappa shape index (κ2) is 8.68. The van der Waals surface area contributed by atoms with Crippen molar-refractivity contribution in [3.8, 4) is 0 Å². The zero-order chi connectivity index (χ0) is 19.1. The van der Waals surface area contributed by atoms with Crippen LogP contribution < -0.4 is 14.6 Å². The summed E-state index contributed by atoms with van der Waals surface area (Å²) in [6.07, 6.45) is 2.43. The van der Waals surface area contributed by atoms with E-state index in [9.17, 15) is 8.42 Å². The number of para-hydroxylation sites is 1. The van der Waals surface area contributed by atoms with Crippen LogP contribution in [-0.2, 0) is 16.4 Å². The largest absolute Gasteiger partial charge is 0.274 e. The predicted octanol–water partition coefficient (Wildman–Crippen LogP) is 3.37. The van der Waals surface area contributed by atoms with Gasteiger partial charge in [0.2, 0.25) is 0 Å². The Morgan fingerprint density at radius 1 is 0.926 bits per heavy atom. The number of aromatic amines is 1. The van der Waals surface area contributed by atoms with Crippen molar-refractivity contribution >= 4 is 21.5 Å². The summed E-state index contributed by atoms with van der Waals surface area (Å²) >= 11 is 0. The van der Waals surface area contributed by atoms with Crippen molar-refractivity contribution in [2.24, 2.45) is 0 Å². The SMILES string of the molecule is CCN(c1ccccc1)S(=O)(=O)c1ccc(NCCc2ccccc2)[nH+]c1. The van der Waals surface area contributed by atoms with Gasteiger partial charge in [0, 0.05) is 19.0 Å². The Balaban J connectivity index is 1.68. The highest BCUT2D eigenvalue weighted by Crippen LogP contribution is 2.22. The lowest BCUT2D eigenvalue weighted by Crippen LogP contribution is -2.31. The third-order valence-electron chi connectivity index (χ3n) is 4.28. The first-order chi connectivity index (χ1) is 13.1. The normalized spacial score (nSPS) is 11.1. The lowest BCUT2D eigenvalue weighted by atomic mass is 10.1. The lowest BCUT2D eigenvalue weighted by molar-refractivity contribution is -0.364. The molecule has 3 aromatic rings. The molecule has 0 aliphatic carbocycles. The third-order valence-corrected chi connectivity index (χ3v) is 6.17. The second-order valence-corrected chi connectivity index (χ2v) is 7.97. The molecule has 5 nitrogen and oxygen atoms in total. The molecule has 0 fully saturated rings. The first-order valence-corrected chi connectivity index (χ1v) is 10.4. The first kappa shape index (κ1) is 18.9. The number of aromatic nitrogens is 1. The van der Waals surface area contributed by atoms with Gasteiger partial charge >= 0.3 is 0 Å². The fourth-order valence-corrected chi connectivity index (χ4v) is 4.32. The summed E-state index contributed by atoms with van der Waals surface area (Å²) in [4.78, 5) is 3.28. The Kier molecular flexibility index (Phi) is 6.08. The molecule has 0 spiro atoms. The maximum absolute atomic E-state index is 13.0. The minimum atomic E-state index is -3.61. The molecule has 1 aromatic heterocycles. The summed E-state index contributed by atoms with van der Waals surface area (Å²) in [5, 5.41) is 3.28. The average Bonchev–Trinajstić information content (AvgIpc) is 2.70. The Morgan fingerprint density at radius 3 is 2.19 bits per heavy atom. The van der Waals surface area contributed by atoms with E-state index in [2.05, 4.69) is 22.4 Å². The standard InChI is InChI=1S/C21H23N3O2S/c1-2-24(19-11-7-4-8-12-19)27(25,26)20-13-14-21(23-17-20)22-16-15-18-9-5-3-6-10-18/h3-14,17H,2,15-16H2,1H3,(H,22,23)/p+1. The molecule has 2 aromatic carbocycles. The molecule has 0 aliphatic rings. The highest BCUT2D eigenvalue weighted by atomic mass is 32.2. The quantitative estimate of drug-likeness (QED) is 0.650. The number of hydrogen-bond acceptors (Lipinski definition) is 3. The van der Waals surface area contributed by atoms with Crippen molar-refractivity contribution in [1.82, 2.24) is 0 Å². The topological polar surface area (TPSA) is 63.6 Å². The van der Waals surface area contributed by atoms with E-state index in [0.717, 1.165) is 18.8 Å². The highest BCUT2D eigenvalue weighted by Gasteiger charge is 2.24. The zero-order valence-electron chi connectivity index (χ0n) is 15.3. The predicted molar refractivity (Wildman–Crippen MR) is 108 cm³/mol. The van der Waals surface area contributed by atoms with E-state index in [1.54, 1.807) is 24.3 Å². The molecular formula is C21H24N3O2S+. The maximum Gasteiger partial charge on any atom is 0.272 e. The van der Waals surface area contributed by atoms with Gasteiger partial charge in [0.25, 0.3) is 15.8 Å². The monoisotopic (exact) mass is 382 g/mol. The van der Waals surface area contributed by atoms with Crippen molar-refractivity contribution in [1.29, 1.82) is 0 Å². The van der Waals surface area contributed by atoms with Crippen LogP contribution in [0.4, 0.5) is 11.5 Å². The van der Waals surface area contributed by atoms with Crippen molar-refractivity contribution in [3.63, 3.8) is 0 Å². The van der Waals surface area contributed by atoms with Gasteiger partial charge in [0.1, 0.15) is 11.1 Å². The van der Waals surface area contributed by atoms with Gasteiger partial charge in [0.05, 0.1) is 12.2 Å². The molecule has 3 rings (SSSR count). The maximum atomic E-state index is 13.0. The molecule has 2 N–H and O–H groups in total. The van der Waals surface area contributed by atoms with Gasteiger partial charge in [-0.3, -0.25) is 9.62 Å². The first-order valence-electron chi connectivity index (χ1n) is 8.98. The zero-order valence-corrected chi connectivity index (χ0v) is 16.1. The van der Waals surface area contributed by atoms with E-state index in [-0.39, 0.29) is 4.90 Å². The Bertz CT molecular complexity index is 944. The number of H-pyrrole nitrogens is 1. The molecule has 0 atom stereocenters. The summed E-state index contributed by atoms with van der Waals surface area (Å²) in [7, 11) is -3.61. The van der Waals surface area contributed by atoms with Gasteiger partial charge < -0.3 is 0 Å². The lowest BCUT2D eigenvalue weighted by Gasteiger charge is -2.22. The van der Waals surface area contributed by atoms with Crippen molar-refractivity contribution < 1.29 is 13.4 Å². The Hall–Kier alpha value is -2.86.